The van der Waals surface area contributed by atoms with Crippen LogP contribution in [0.3, 0.4) is 0 Å². The third kappa shape index (κ3) is 6.75. The lowest BCUT2D eigenvalue weighted by atomic mass is 10.0. The molecule has 0 saturated carbocycles. The van der Waals surface area contributed by atoms with E-state index >= 15 is 0 Å². The quantitative estimate of drug-likeness (QED) is 0.233. The minimum absolute atomic E-state index is 0.232. The molecule has 1 heterocycles. The van der Waals surface area contributed by atoms with Crippen LogP contribution >= 0.6 is 0 Å². The molecule has 0 fully saturated rings. The first-order chi connectivity index (χ1) is 17.1. The van der Waals surface area contributed by atoms with Crippen LogP contribution in [0.2, 0.25) is 0 Å². The van der Waals surface area contributed by atoms with Crippen molar-refractivity contribution in [3.05, 3.63) is 72.3 Å². The van der Waals surface area contributed by atoms with E-state index < -0.39 is 6.10 Å². The molecule has 6 heteroatoms. The first-order valence-electron chi connectivity index (χ1n) is 12.2. The Bertz CT molecular complexity index is 1260. The number of para-hydroxylation sites is 1. The van der Waals surface area contributed by atoms with Crippen molar-refractivity contribution in [2.24, 2.45) is 5.92 Å². The number of hydrogen-bond acceptors (Lipinski definition) is 5. The number of aromatic amines is 1. The Kier molecular flexibility index (Phi) is 8.61. The van der Waals surface area contributed by atoms with Gasteiger partial charge in [0.05, 0.1) is 18.2 Å². The zero-order valence-corrected chi connectivity index (χ0v) is 20.2. The molecule has 6 nitrogen and oxygen atoms in total. The number of aromatic nitrogens is 1. The summed E-state index contributed by atoms with van der Waals surface area (Å²) in [7, 11) is 0. The number of nitrogens with zero attached hydrogens (tertiary/aromatic N) is 1. The molecule has 1 aromatic heterocycles. The van der Waals surface area contributed by atoms with Gasteiger partial charge < -0.3 is 24.9 Å². The number of ether oxygens (including phenoxy) is 2. The third-order valence-electron chi connectivity index (χ3n) is 6.01. The summed E-state index contributed by atoms with van der Waals surface area (Å²) < 4.78 is 11.7. The van der Waals surface area contributed by atoms with Crippen molar-refractivity contribution < 1.29 is 14.6 Å². The van der Waals surface area contributed by atoms with Crippen LogP contribution in [0.15, 0.2) is 66.7 Å². The summed E-state index contributed by atoms with van der Waals surface area (Å²) in [5.74, 6) is 2.04. The molecule has 0 radical (unpaired) electrons. The maximum atomic E-state index is 10.5. The molecule has 3 N–H and O–H groups in total. The van der Waals surface area contributed by atoms with Gasteiger partial charge >= 0.3 is 0 Å². The maximum Gasteiger partial charge on any atom is 0.129 e. The second-order valence-corrected chi connectivity index (χ2v) is 9.04. The topological polar surface area (TPSA) is 90.3 Å². The van der Waals surface area contributed by atoms with Crippen LogP contribution in [0.5, 0.6) is 11.5 Å². The average molecular weight is 472 g/mol. The van der Waals surface area contributed by atoms with Crippen molar-refractivity contribution in [1.82, 2.24) is 10.3 Å². The number of H-pyrrole nitrogens is 1. The highest BCUT2D eigenvalue weighted by molar-refractivity contribution is 6.10. The molecule has 0 aliphatic carbocycles. The van der Waals surface area contributed by atoms with E-state index in [1.165, 1.54) is 5.56 Å². The Morgan fingerprint density at radius 1 is 0.971 bits per heavy atom. The normalized spacial score (nSPS) is 12.9. The molecule has 0 aliphatic rings. The minimum atomic E-state index is -0.597. The number of nitriles is 1. The monoisotopic (exact) mass is 471 g/mol. The van der Waals surface area contributed by atoms with Gasteiger partial charge in [-0.2, -0.15) is 5.26 Å². The van der Waals surface area contributed by atoms with Gasteiger partial charge in [0.15, 0.2) is 0 Å². The lowest BCUT2D eigenvalue weighted by Gasteiger charge is -2.17. The van der Waals surface area contributed by atoms with E-state index in [-0.39, 0.29) is 6.61 Å². The molecular weight excluding hydrogens is 438 g/mol. The number of aliphatic hydroxyl groups excluding tert-OH is 1. The second kappa shape index (κ2) is 12.3. The van der Waals surface area contributed by atoms with Crippen LogP contribution in [0.1, 0.15) is 25.3 Å². The van der Waals surface area contributed by atoms with Gasteiger partial charge in [0.25, 0.3) is 0 Å². The SMILES string of the molecule is CC(CNCC(O)COc1cccc2[nH]c3ccccc3c12)Cc1ccc(OCCCC#N)cc1. The summed E-state index contributed by atoms with van der Waals surface area (Å²) in [6.45, 7) is 4.27. The van der Waals surface area contributed by atoms with Crippen molar-refractivity contribution in [3.63, 3.8) is 0 Å². The first-order valence-corrected chi connectivity index (χ1v) is 12.2. The van der Waals surface area contributed by atoms with E-state index in [0.29, 0.717) is 25.5 Å². The van der Waals surface area contributed by atoms with E-state index in [2.05, 4.69) is 47.6 Å². The fourth-order valence-electron chi connectivity index (χ4n) is 4.27. The van der Waals surface area contributed by atoms with Gasteiger partial charge in [-0.3, -0.25) is 0 Å². The zero-order chi connectivity index (χ0) is 24.5. The van der Waals surface area contributed by atoms with Crippen LogP contribution in [-0.4, -0.2) is 42.5 Å². The maximum absolute atomic E-state index is 10.5. The molecule has 0 saturated heterocycles. The van der Waals surface area contributed by atoms with E-state index in [1.807, 2.05) is 42.5 Å². The first kappa shape index (κ1) is 24.6. The number of benzene rings is 3. The molecule has 0 amide bonds. The molecule has 0 aliphatic heterocycles. The number of aliphatic hydroxyl groups is 1. The van der Waals surface area contributed by atoms with Gasteiger partial charge in [-0.1, -0.05) is 43.3 Å². The molecule has 4 aromatic rings. The zero-order valence-electron chi connectivity index (χ0n) is 20.2. The van der Waals surface area contributed by atoms with Gasteiger partial charge in [0.2, 0.25) is 0 Å². The van der Waals surface area contributed by atoms with E-state index in [9.17, 15) is 5.11 Å². The molecule has 35 heavy (non-hydrogen) atoms. The van der Waals surface area contributed by atoms with Gasteiger partial charge in [-0.25, -0.2) is 0 Å². The van der Waals surface area contributed by atoms with Gasteiger partial charge in [-0.05, 0) is 61.2 Å². The average Bonchev–Trinajstić information content (AvgIpc) is 3.26. The summed E-state index contributed by atoms with van der Waals surface area (Å²) in [6, 6.07) is 24.4. The molecule has 182 valence electrons. The Balaban J connectivity index is 1.19. The van der Waals surface area contributed by atoms with Gasteiger partial charge in [-0.15, -0.1) is 0 Å². The fraction of sp³-hybridized carbons (Fsp3) is 0.345. The smallest absolute Gasteiger partial charge is 0.129 e. The summed E-state index contributed by atoms with van der Waals surface area (Å²) >= 11 is 0. The molecule has 2 atom stereocenters. The van der Waals surface area contributed by atoms with E-state index in [1.54, 1.807) is 0 Å². The number of unbranched alkanes of at least 4 members (excludes halogenated alkanes) is 1. The molecule has 0 bridgehead atoms. The Labute approximate surface area is 206 Å². The Morgan fingerprint density at radius 3 is 2.60 bits per heavy atom. The van der Waals surface area contributed by atoms with Crippen LogP contribution in [0, 0.1) is 17.2 Å². The molecular formula is C29H33N3O3. The number of fused-ring (bicyclic) bond motifs is 3. The van der Waals surface area contributed by atoms with Crippen molar-refractivity contribution in [2.75, 3.05) is 26.3 Å². The Hall–Kier alpha value is -3.53. The number of rotatable bonds is 13. The minimum Gasteiger partial charge on any atom is -0.494 e. The molecule has 2 unspecified atom stereocenters. The highest BCUT2D eigenvalue weighted by Crippen LogP contribution is 2.32. The van der Waals surface area contributed by atoms with Gasteiger partial charge in [0, 0.05) is 29.3 Å². The van der Waals surface area contributed by atoms with Crippen LogP contribution < -0.4 is 14.8 Å². The van der Waals surface area contributed by atoms with Crippen molar-refractivity contribution in [2.45, 2.75) is 32.3 Å². The second-order valence-electron chi connectivity index (χ2n) is 9.04. The number of nitrogens with one attached hydrogen (secondary N) is 2. The Morgan fingerprint density at radius 2 is 1.77 bits per heavy atom. The van der Waals surface area contributed by atoms with E-state index in [0.717, 1.165) is 52.7 Å². The van der Waals surface area contributed by atoms with Crippen molar-refractivity contribution >= 4 is 21.8 Å². The molecule has 3 aromatic carbocycles. The van der Waals surface area contributed by atoms with Crippen LogP contribution in [-0.2, 0) is 6.42 Å². The highest BCUT2D eigenvalue weighted by Gasteiger charge is 2.12. The summed E-state index contributed by atoms with van der Waals surface area (Å²) in [5, 5.41) is 24.6. The summed E-state index contributed by atoms with van der Waals surface area (Å²) in [5.41, 5.74) is 3.36. The largest absolute Gasteiger partial charge is 0.494 e. The molecule has 4 rings (SSSR count). The standard InChI is InChI=1S/C29H33N3O3/c1-21(17-22-11-13-24(14-12-22)34-16-5-4-15-30)18-31-19-23(33)20-35-28-10-6-9-27-29(28)25-7-2-3-8-26(25)32-27/h2-3,6-14,21,23,31-33H,4-5,16-20H2,1H3. The van der Waals surface area contributed by atoms with E-state index in [4.69, 9.17) is 14.7 Å². The summed E-state index contributed by atoms with van der Waals surface area (Å²) in [6.07, 6.45) is 1.61. The van der Waals surface area contributed by atoms with Crippen LogP contribution in [0.25, 0.3) is 21.8 Å². The lowest BCUT2D eigenvalue weighted by molar-refractivity contribution is 0.106. The molecule has 0 spiro atoms. The van der Waals surface area contributed by atoms with Gasteiger partial charge in [0.1, 0.15) is 24.2 Å². The number of hydrogen-bond donors (Lipinski definition) is 3. The predicted octanol–water partition coefficient (Wildman–Crippen LogP) is 5.21. The predicted molar refractivity (Wildman–Crippen MR) is 140 cm³/mol. The lowest BCUT2D eigenvalue weighted by Crippen LogP contribution is -2.34. The highest BCUT2D eigenvalue weighted by atomic mass is 16.5. The van der Waals surface area contributed by atoms with Crippen molar-refractivity contribution in [1.29, 1.82) is 5.26 Å². The van der Waals surface area contributed by atoms with Crippen molar-refractivity contribution in [3.8, 4) is 17.6 Å². The fourth-order valence-corrected chi connectivity index (χ4v) is 4.27. The summed E-state index contributed by atoms with van der Waals surface area (Å²) in [4.78, 5) is 3.42. The third-order valence-corrected chi connectivity index (χ3v) is 6.01. The van der Waals surface area contributed by atoms with Crippen LogP contribution in [0.4, 0.5) is 0 Å².